The standard InChI is InChI=1S/C12H21N5O6S/c13-5(3-9(15)19)10(20)16-6(1-2-8(14)18)11(21)17-7(4-24)12(22)23/h5-7,24H,1-4,13H2,(H2,14,18)(H2,15,19)(H,16,20)(H,17,21)(H,22,23). The van der Waals surface area contributed by atoms with Gasteiger partial charge in [0.2, 0.25) is 23.6 Å². The van der Waals surface area contributed by atoms with Crippen molar-refractivity contribution in [2.24, 2.45) is 17.2 Å². The molecule has 0 bridgehead atoms. The third-order valence-corrected chi connectivity index (χ3v) is 3.23. The minimum absolute atomic E-state index is 0.172. The summed E-state index contributed by atoms with van der Waals surface area (Å²) in [4.78, 5) is 56.5. The molecule has 0 aliphatic heterocycles. The first-order chi connectivity index (χ1) is 11.1. The van der Waals surface area contributed by atoms with Crippen molar-refractivity contribution in [1.29, 1.82) is 0 Å². The summed E-state index contributed by atoms with van der Waals surface area (Å²) in [6.45, 7) is 0. The molecule has 0 fully saturated rings. The zero-order chi connectivity index (χ0) is 18.9. The van der Waals surface area contributed by atoms with E-state index in [-0.39, 0.29) is 18.6 Å². The molecule has 0 spiro atoms. The highest BCUT2D eigenvalue weighted by Gasteiger charge is 2.28. The Hall–Kier alpha value is -2.34. The van der Waals surface area contributed by atoms with Crippen molar-refractivity contribution in [3.63, 3.8) is 0 Å². The lowest BCUT2D eigenvalue weighted by atomic mass is 10.1. The lowest BCUT2D eigenvalue weighted by Crippen LogP contribution is -2.55. The molecule has 0 aliphatic carbocycles. The molecule has 0 saturated carbocycles. The Bertz CT molecular complexity index is 514. The van der Waals surface area contributed by atoms with Crippen molar-refractivity contribution < 1.29 is 29.1 Å². The van der Waals surface area contributed by atoms with E-state index < -0.39 is 54.1 Å². The fraction of sp³-hybridized carbons (Fsp3) is 0.583. The van der Waals surface area contributed by atoms with E-state index in [1.165, 1.54) is 0 Å². The fourth-order valence-corrected chi connectivity index (χ4v) is 1.85. The Balaban J connectivity index is 4.98. The average molecular weight is 363 g/mol. The number of carbonyl (C=O) groups is 5. The van der Waals surface area contributed by atoms with Crippen LogP contribution in [0.25, 0.3) is 0 Å². The van der Waals surface area contributed by atoms with Crippen molar-refractivity contribution >= 4 is 42.2 Å². The molecule has 0 aromatic rings. The summed E-state index contributed by atoms with van der Waals surface area (Å²) in [6, 6.07) is -3.83. The molecule has 0 rings (SSSR count). The smallest absolute Gasteiger partial charge is 0.327 e. The summed E-state index contributed by atoms with van der Waals surface area (Å²) in [5.41, 5.74) is 15.4. The maximum Gasteiger partial charge on any atom is 0.327 e. The summed E-state index contributed by atoms with van der Waals surface area (Å²) in [6.07, 6.45) is -0.846. The molecule has 3 unspecified atom stereocenters. The third kappa shape index (κ3) is 8.33. The van der Waals surface area contributed by atoms with Gasteiger partial charge in [-0.15, -0.1) is 0 Å². The van der Waals surface area contributed by atoms with Crippen LogP contribution in [0.1, 0.15) is 19.3 Å². The van der Waals surface area contributed by atoms with Crippen LogP contribution in [0.15, 0.2) is 0 Å². The molecule has 11 nitrogen and oxygen atoms in total. The van der Waals surface area contributed by atoms with Crippen molar-refractivity contribution in [2.75, 3.05) is 5.75 Å². The summed E-state index contributed by atoms with van der Waals surface area (Å²) in [5.74, 6) is -4.72. The number of nitrogens with one attached hydrogen (secondary N) is 2. The van der Waals surface area contributed by atoms with Crippen molar-refractivity contribution in [1.82, 2.24) is 10.6 Å². The first kappa shape index (κ1) is 21.7. The second-order valence-corrected chi connectivity index (χ2v) is 5.29. The first-order valence-corrected chi connectivity index (χ1v) is 7.48. The highest BCUT2D eigenvalue weighted by atomic mass is 32.1. The Morgan fingerprint density at radius 2 is 1.50 bits per heavy atom. The van der Waals surface area contributed by atoms with E-state index in [4.69, 9.17) is 22.3 Å². The molecule has 0 aromatic carbocycles. The number of rotatable bonds is 11. The highest BCUT2D eigenvalue weighted by Crippen LogP contribution is 2.01. The van der Waals surface area contributed by atoms with Crippen LogP contribution in [0.3, 0.4) is 0 Å². The Morgan fingerprint density at radius 3 is 1.92 bits per heavy atom. The second kappa shape index (κ2) is 10.4. The van der Waals surface area contributed by atoms with Gasteiger partial charge < -0.3 is 32.9 Å². The Morgan fingerprint density at radius 1 is 0.958 bits per heavy atom. The zero-order valence-corrected chi connectivity index (χ0v) is 13.6. The largest absolute Gasteiger partial charge is 0.480 e. The van der Waals surface area contributed by atoms with Gasteiger partial charge in [0.05, 0.1) is 12.5 Å². The number of carboxylic acid groups (broad SMARTS) is 1. The Kier molecular flexibility index (Phi) is 9.42. The number of hydrogen-bond acceptors (Lipinski definition) is 7. The fourth-order valence-electron chi connectivity index (χ4n) is 1.60. The van der Waals surface area contributed by atoms with Crippen LogP contribution in [0.4, 0.5) is 0 Å². The number of thiol groups is 1. The monoisotopic (exact) mass is 363 g/mol. The van der Waals surface area contributed by atoms with Crippen LogP contribution in [0.5, 0.6) is 0 Å². The maximum absolute atomic E-state index is 12.1. The van der Waals surface area contributed by atoms with E-state index in [0.717, 1.165) is 0 Å². The highest BCUT2D eigenvalue weighted by molar-refractivity contribution is 7.80. The molecule has 24 heavy (non-hydrogen) atoms. The number of amides is 4. The summed E-state index contributed by atoms with van der Waals surface area (Å²) in [5, 5.41) is 13.3. The average Bonchev–Trinajstić information content (AvgIpc) is 2.46. The molecule has 0 aromatic heterocycles. The van der Waals surface area contributed by atoms with E-state index in [9.17, 15) is 24.0 Å². The van der Waals surface area contributed by atoms with Gasteiger partial charge in [0.1, 0.15) is 12.1 Å². The van der Waals surface area contributed by atoms with Crippen LogP contribution in [0.2, 0.25) is 0 Å². The van der Waals surface area contributed by atoms with Gasteiger partial charge in [-0.25, -0.2) is 4.79 Å². The van der Waals surface area contributed by atoms with E-state index >= 15 is 0 Å². The second-order valence-electron chi connectivity index (χ2n) is 4.93. The van der Waals surface area contributed by atoms with Gasteiger partial charge in [-0.1, -0.05) is 0 Å². The van der Waals surface area contributed by atoms with Crippen LogP contribution >= 0.6 is 12.6 Å². The summed E-state index contributed by atoms with van der Waals surface area (Å²) in [7, 11) is 0. The lowest BCUT2D eigenvalue weighted by molar-refractivity contribution is -0.141. The Labute approximate surface area is 143 Å². The molecule has 9 N–H and O–H groups in total. The van der Waals surface area contributed by atoms with Crippen molar-refractivity contribution in [3.8, 4) is 0 Å². The predicted octanol–water partition coefficient (Wildman–Crippen LogP) is -3.56. The third-order valence-electron chi connectivity index (χ3n) is 2.87. The SMILES string of the molecule is NC(=O)CCC(NC(=O)C(N)CC(N)=O)C(=O)NC(CS)C(=O)O. The van der Waals surface area contributed by atoms with Gasteiger partial charge in [-0.05, 0) is 6.42 Å². The summed E-state index contributed by atoms with van der Waals surface area (Å²) >= 11 is 3.79. The van der Waals surface area contributed by atoms with Gasteiger partial charge in [0.15, 0.2) is 0 Å². The predicted molar refractivity (Wildman–Crippen MR) is 85.6 cm³/mol. The number of aliphatic carboxylic acids is 1. The number of hydrogen-bond donors (Lipinski definition) is 7. The van der Waals surface area contributed by atoms with Gasteiger partial charge in [0, 0.05) is 12.2 Å². The van der Waals surface area contributed by atoms with Gasteiger partial charge in [-0.2, -0.15) is 12.6 Å². The van der Waals surface area contributed by atoms with Crippen molar-refractivity contribution in [3.05, 3.63) is 0 Å². The topological polar surface area (TPSA) is 208 Å². The molecular weight excluding hydrogens is 342 g/mol. The first-order valence-electron chi connectivity index (χ1n) is 6.85. The zero-order valence-electron chi connectivity index (χ0n) is 12.7. The van der Waals surface area contributed by atoms with E-state index in [1.54, 1.807) is 0 Å². The van der Waals surface area contributed by atoms with Crippen molar-refractivity contribution in [2.45, 2.75) is 37.4 Å². The molecule has 0 saturated heterocycles. The van der Waals surface area contributed by atoms with E-state index in [2.05, 4.69) is 23.3 Å². The summed E-state index contributed by atoms with van der Waals surface area (Å²) < 4.78 is 0. The molecule has 4 amide bonds. The molecule has 0 aliphatic rings. The molecule has 0 radical (unpaired) electrons. The molecular formula is C12H21N5O6S. The minimum Gasteiger partial charge on any atom is -0.480 e. The van der Waals surface area contributed by atoms with E-state index in [0.29, 0.717) is 0 Å². The number of nitrogens with two attached hydrogens (primary N) is 3. The van der Waals surface area contributed by atoms with Crippen LogP contribution in [0, 0.1) is 0 Å². The minimum atomic E-state index is -1.32. The van der Waals surface area contributed by atoms with Crippen LogP contribution in [-0.4, -0.2) is 58.6 Å². The van der Waals surface area contributed by atoms with E-state index in [1.807, 2.05) is 0 Å². The molecule has 12 heteroatoms. The number of carbonyl (C=O) groups excluding carboxylic acids is 4. The van der Waals surface area contributed by atoms with Crippen LogP contribution in [-0.2, 0) is 24.0 Å². The lowest BCUT2D eigenvalue weighted by Gasteiger charge is -2.21. The molecule has 3 atom stereocenters. The molecule has 136 valence electrons. The van der Waals surface area contributed by atoms with Gasteiger partial charge in [0.25, 0.3) is 0 Å². The van der Waals surface area contributed by atoms with Gasteiger partial charge >= 0.3 is 5.97 Å². The number of carboxylic acids is 1. The van der Waals surface area contributed by atoms with Crippen LogP contribution < -0.4 is 27.8 Å². The van der Waals surface area contributed by atoms with Gasteiger partial charge in [-0.3, -0.25) is 19.2 Å². The number of primary amides is 2. The molecule has 0 heterocycles. The maximum atomic E-state index is 12.1. The quantitative estimate of drug-likeness (QED) is 0.183. The normalized spacial score (nSPS) is 14.1.